The third-order valence-electron chi connectivity index (χ3n) is 6.78. The van der Waals surface area contributed by atoms with E-state index in [2.05, 4.69) is 5.32 Å². The average Bonchev–Trinajstić information content (AvgIpc) is 3.01. The van der Waals surface area contributed by atoms with Crippen LogP contribution in [0, 0.1) is 0 Å². The molecule has 0 saturated heterocycles. The predicted molar refractivity (Wildman–Crippen MR) is 177 cm³/mol. The van der Waals surface area contributed by atoms with Gasteiger partial charge in [-0.25, -0.2) is 8.42 Å². The molecule has 0 heterocycles. The second-order valence-corrected chi connectivity index (χ2v) is 13.3. The van der Waals surface area contributed by atoms with Crippen LogP contribution >= 0.6 is 46.4 Å². The fraction of sp³-hybridized carbons (Fsp3) is 0.188. The quantitative estimate of drug-likeness (QED) is 0.169. The van der Waals surface area contributed by atoms with Crippen molar-refractivity contribution in [3.05, 3.63) is 128 Å². The van der Waals surface area contributed by atoms with Crippen molar-refractivity contribution in [3.63, 3.8) is 0 Å². The molecule has 0 radical (unpaired) electrons. The van der Waals surface area contributed by atoms with Crippen molar-refractivity contribution in [1.82, 2.24) is 10.2 Å². The lowest BCUT2D eigenvalue weighted by Gasteiger charge is -2.34. The number of anilines is 1. The smallest absolute Gasteiger partial charge is 0.264 e. The zero-order valence-electron chi connectivity index (χ0n) is 23.6. The summed E-state index contributed by atoms with van der Waals surface area (Å²) < 4.78 is 29.0. The van der Waals surface area contributed by atoms with Crippen LogP contribution in [0.5, 0.6) is 0 Å². The van der Waals surface area contributed by atoms with Crippen molar-refractivity contribution >= 4 is 73.9 Å². The number of sulfonamides is 1. The number of nitrogens with one attached hydrogen (secondary N) is 1. The van der Waals surface area contributed by atoms with Crippen molar-refractivity contribution in [2.24, 2.45) is 0 Å². The number of hydrogen-bond acceptors (Lipinski definition) is 4. The van der Waals surface area contributed by atoms with Crippen LogP contribution in [0.2, 0.25) is 20.1 Å². The number of likely N-dealkylation sites (N-methyl/N-ethyl adjacent to an activating group) is 1. The summed E-state index contributed by atoms with van der Waals surface area (Å²) in [6, 6.07) is 25.1. The Hall–Kier alpha value is -3.27. The number of carbonyl (C=O) groups excluding carboxylic acids is 2. The molecule has 44 heavy (non-hydrogen) atoms. The maximum absolute atomic E-state index is 14.4. The highest BCUT2D eigenvalue weighted by Gasteiger charge is 2.35. The van der Waals surface area contributed by atoms with Gasteiger partial charge in [0.1, 0.15) is 12.6 Å². The Balaban J connectivity index is 1.82. The van der Waals surface area contributed by atoms with Gasteiger partial charge in [-0.1, -0.05) is 101 Å². The minimum absolute atomic E-state index is 0.0317. The van der Waals surface area contributed by atoms with E-state index >= 15 is 0 Å². The van der Waals surface area contributed by atoms with Gasteiger partial charge in [0.05, 0.1) is 20.6 Å². The molecule has 7 nitrogen and oxygen atoms in total. The molecule has 0 aromatic heterocycles. The zero-order valence-corrected chi connectivity index (χ0v) is 27.4. The number of halogens is 4. The molecule has 0 saturated carbocycles. The number of rotatable bonds is 12. The van der Waals surface area contributed by atoms with Crippen LogP contribution in [-0.2, 0) is 32.6 Å². The Morgan fingerprint density at radius 2 is 1.45 bits per heavy atom. The molecule has 1 atom stereocenters. The van der Waals surface area contributed by atoms with Gasteiger partial charge in [0.15, 0.2) is 0 Å². The normalized spacial score (nSPS) is 11.9. The Morgan fingerprint density at radius 3 is 2.07 bits per heavy atom. The van der Waals surface area contributed by atoms with Gasteiger partial charge < -0.3 is 10.2 Å². The van der Waals surface area contributed by atoms with Crippen LogP contribution in [0.3, 0.4) is 0 Å². The highest BCUT2D eigenvalue weighted by molar-refractivity contribution is 7.92. The lowest BCUT2D eigenvalue weighted by molar-refractivity contribution is -0.140. The molecule has 12 heteroatoms. The number of carbonyl (C=O) groups is 2. The van der Waals surface area contributed by atoms with Crippen molar-refractivity contribution < 1.29 is 18.0 Å². The van der Waals surface area contributed by atoms with Gasteiger partial charge in [-0.3, -0.25) is 13.9 Å². The van der Waals surface area contributed by atoms with E-state index in [0.717, 1.165) is 9.87 Å². The molecule has 0 aliphatic heterocycles. The van der Waals surface area contributed by atoms with E-state index in [1.165, 1.54) is 35.2 Å². The van der Waals surface area contributed by atoms with Crippen LogP contribution in [-0.4, -0.2) is 44.3 Å². The first-order valence-electron chi connectivity index (χ1n) is 13.6. The topological polar surface area (TPSA) is 86.8 Å². The molecule has 0 spiro atoms. The molecular weight excluding hydrogens is 664 g/mol. The summed E-state index contributed by atoms with van der Waals surface area (Å²) in [5, 5.41) is 3.84. The number of nitrogens with zero attached hydrogens (tertiary/aromatic N) is 2. The summed E-state index contributed by atoms with van der Waals surface area (Å²) in [6.45, 7) is 1.36. The predicted octanol–water partition coefficient (Wildman–Crippen LogP) is 7.27. The first-order valence-corrected chi connectivity index (χ1v) is 16.5. The van der Waals surface area contributed by atoms with E-state index in [0.29, 0.717) is 22.2 Å². The molecule has 0 bridgehead atoms. The molecule has 0 aliphatic carbocycles. The van der Waals surface area contributed by atoms with Gasteiger partial charge in [-0.15, -0.1) is 0 Å². The monoisotopic (exact) mass is 691 g/mol. The fourth-order valence-corrected chi connectivity index (χ4v) is 6.76. The van der Waals surface area contributed by atoms with Crippen molar-refractivity contribution in [1.29, 1.82) is 0 Å². The SMILES string of the molecule is CCNC(=O)[C@@H](Cc1ccccc1)N(Cc1ccc(Cl)cc1Cl)C(=O)CN(c1ccc(Cl)c(Cl)c1)S(=O)(=O)c1ccccc1. The van der Waals surface area contributed by atoms with Crippen molar-refractivity contribution in [2.75, 3.05) is 17.4 Å². The number of benzene rings is 4. The highest BCUT2D eigenvalue weighted by atomic mass is 35.5. The fourth-order valence-electron chi connectivity index (χ4n) is 4.57. The molecule has 2 amide bonds. The molecular formula is C32H29Cl4N3O4S. The Morgan fingerprint density at radius 1 is 0.795 bits per heavy atom. The second kappa shape index (κ2) is 15.1. The maximum Gasteiger partial charge on any atom is 0.264 e. The lowest BCUT2D eigenvalue weighted by atomic mass is 10.0. The van der Waals surface area contributed by atoms with Crippen molar-refractivity contribution in [3.8, 4) is 0 Å². The van der Waals surface area contributed by atoms with E-state index in [9.17, 15) is 18.0 Å². The van der Waals surface area contributed by atoms with Crippen molar-refractivity contribution in [2.45, 2.75) is 30.8 Å². The summed E-state index contributed by atoms with van der Waals surface area (Å²) in [6.07, 6.45) is 0.168. The van der Waals surface area contributed by atoms with Gasteiger partial charge in [0.25, 0.3) is 10.0 Å². The van der Waals surface area contributed by atoms with Crippen LogP contribution in [0.4, 0.5) is 5.69 Å². The third-order valence-corrected chi connectivity index (χ3v) is 9.89. The van der Waals surface area contributed by atoms with Gasteiger partial charge in [-0.2, -0.15) is 0 Å². The molecule has 4 aromatic carbocycles. The van der Waals surface area contributed by atoms with Crippen LogP contribution in [0.25, 0.3) is 0 Å². The molecule has 230 valence electrons. The van der Waals surface area contributed by atoms with E-state index < -0.39 is 34.4 Å². The molecule has 4 rings (SSSR count). The Bertz CT molecular complexity index is 1720. The van der Waals surface area contributed by atoms with Gasteiger partial charge in [-0.05, 0) is 60.5 Å². The van der Waals surface area contributed by atoms with Crippen LogP contribution in [0.1, 0.15) is 18.1 Å². The van der Waals surface area contributed by atoms with Crippen LogP contribution < -0.4 is 9.62 Å². The molecule has 0 fully saturated rings. The zero-order chi connectivity index (χ0) is 31.9. The molecule has 0 aliphatic rings. The summed E-state index contributed by atoms with van der Waals surface area (Å²) in [7, 11) is -4.27. The Kier molecular flexibility index (Phi) is 11.6. The summed E-state index contributed by atoms with van der Waals surface area (Å²) in [5.74, 6) is -1.05. The lowest BCUT2D eigenvalue weighted by Crippen LogP contribution is -2.53. The van der Waals surface area contributed by atoms with Crippen LogP contribution in [0.15, 0.2) is 102 Å². The van der Waals surface area contributed by atoms with E-state index in [-0.39, 0.29) is 33.6 Å². The van der Waals surface area contributed by atoms with Gasteiger partial charge in [0, 0.05) is 29.6 Å². The molecule has 0 unspecified atom stereocenters. The van der Waals surface area contributed by atoms with Gasteiger partial charge in [0.2, 0.25) is 11.8 Å². The summed E-state index contributed by atoms with van der Waals surface area (Å²) >= 11 is 25.0. The minimum atomic E-state index is -4.27. The average molecular weight is 693 g/mol. The second-order valence-electron chi connectivity index (χ2n) is 9.78. The molecule has 1 N–H and O–H groups in total. The number of hydrogen-bond donors (Lipinski definition) is 1. The number of amides is 2. The first kappa shape index (κ1) is 33.6. The van der Waals surface area contributed by atoms with E-state index in [1.807, 2.05) is 30.3 Å². The first-order chi connectivity index (χ1) is 21.0. The standard InChI is InChI=1S/C32H29Cl4N3O4S/c1-2-37-32(41)30(17-22-9-5-3-6-10-22)38(20-23-13-14-24(33)18-28(23)35)31(40)21-39(25-15-16-27(34)29(36)19-25)44(42,43)26-11-7-4-8-12-26/h3-16,18-19,30H,2,17,20-21H2,1H3,(H,37,41)/t30-/m1/s1. The Labute approximate surface area is 277 Å². The minimum Gasteiger partial charge on any atom is -0.355 e. The third kappa shape index (κ3) is 8.25. The largest absolute Gasteiger partial charge is 0.355 e. The highest BCUT2D eigenvalue weighted by Crippen LogP contribution is 2.31. The van der Waals surface area contributed by atoms with Gasteiger partial charge >= 0.3 is 0 Å². The summed E-state index contributed by atoms with van der Waals surface area (Å²) in [4.78, 5) is 29.3. The molecule has 4 aromatic rings. The van der Waals surface area contributed by atoms with E-state index in [4.69, 9.17) is 46.4 Å². The maximum atomic E-state index is 14.4. The van der Waals surface area contributed by atoms with E-state index in [1.54, 1.807) is 43.3 Å². The summed E-state index contributed by atoms with van der Waals surface area (Å²) in [5.41, 5.74) is 1.46.